The van der Waals surface area contributed by atoms with Crippen LogP contribution in [-0.4, -0.2) is 50.0 Å². The second kappa shape index (κ2) is 6.87. The number of aromatic nitrogens is 2. The van der Waals surface area contributed by atoms with E-state index in [1.165, 1.54) is 6.20 Å². The van der Waals surface area contributed by atoms with Gasteiger partial charge in [0.2, 0.25) is 10.0 Å². The maximum atomic E-state index is 12.4. The van der Waals surface area contributed by atoms with Gasteiger partial charge in [-0.15, -0.1) is 0 Å². The zero-order chi connectivity index (χ0) is 15.3. The Labute approximate surface area is 126 Å². The van der Waals surface area contributed by atoms with E-state index in [-0.39, 0.29) is 4.90 Å². The molecule has 1 fully saturated rings. The first kappa shape index (κ1) is 16.4. The number of hydrogen-bond acceptors (Lipinski definition) is 5. The third kappa shape index (κ3) is 4.50. The normalized spacial score (nSPS) is 23.3. The molecule has 21 heavy (non-hydrogen) atoms. The molecule has 0 aromatic carbocycles. The Balaban J connectivity index is 2.02. The summed E-state index contributed by atoms with van der Waals surface area (Å²) in [6, 6.07) is 0. The zero-order valence-corrected chi connectivity index (χ0v) is 13.4. The Kier molecular flexibility index (Phi) is 5.37. The molecule has 1 atom stereocenters. The lowest BCUT2D eigenvalue weighted by molar-refractivity contribution is 0.0386. The molecule has 8 heteroatoms. The van der Waals surface area contributed by atoms with Crippen LogP contribution in [-0.2, 0) is 21.3 Å². The van der Waals surface area contributed by atoms with E-state index in [2.05, 4.69) is 15.1 Å². The van der Waals surface area contributed by atoms with Crippen LogP contribution in [0.5, 0.6) is 0 Å². The first-order valence-electron chi connectivity index (χ1n) is 7.30. The number of hydrogen-bond donors (Lipinski definition) is 2. The Hall–Kier alpha value is -0.960. The smallest absolute Gasteiger partial charge is 0.244 e. The minimum atomic E-state index is -3.56. The van der Waals surface area contributed by atoms with Gasteiger partial charge in [-0.2, -0.15) is 5.10 Å². The van der Waals surface area contributed by atoms with Crippen molar-refractivity contribution in [1.29, 1.82) is 0 Å². The topological polar surface area (TPSA) is 85.2 Å². The van der Waals surface area contributed by atoms with Gasteiger partial charge in [-0.25, -0.2) is 13.1 Å². The summed E-state index contributed by atoms with van der Waals surface area (Å²) in [5.41, 5.74) is -0.539. The van der Waals surface area contributed by atoms with E-state index in [0.717, 1.165) is 25.9 Å². The largest absolute Gasteiger partial charge is 0.380 e. The van der Waals surface area contributed by atoms with Crippen molar-refractivity contribution < 1.29 is 13.2 Å². The molecule has 0 spiro atoms. The number of sulfonamides is 1. The molecule has 0 saturated carbocycles. The van der Waals surface area contributed by atoms with Gasteiger partial charge in [0, 0.05) is 19.3 Å². The van der Waals surface area contributed by atoms with Gasteiger partial charge < -0.3 is 10.1 Å². The molecule has 2 rings (SSSR count). The van der Waals surface area contributed by atoms with E-state index in [4.69, 9.17) is 4.74 Å². The van der Waals surface area contributed by atoms with Crippen LogP contribution in [0.2, 0.25) is 0 Å². The van der Waals surface area contributed by atoms with E-state index < -0.39 is 15.6 Å². The lowest BCUT2D eigenvalue weighted by atomic mass is 9.97. The summed E-state index contributed by atoms with van der Waals surface area (Å²) in [4.78, 5) is 0.200. The lowest BCUT2D eigenvalue weighted by Gasteiger charge is -2.33. The van der Waals surface area contributed by atoms with Crippen molar-refractivity contribution in [3.63, 3.8) is 0 Å². The van der Waals surface area contributed by atoms with E-state index in [9.17, 15) is 8.42 Å². The van der Waals surface area contributed by atoms with Crippen LogP contribution in [0.3, 0.4) is 0 Å². The highest BCUT2D eigenvalue weighted by Crippen LogP contribution is 2.21. The second-order valence-electron chi connectivity index (χ2n) is 5.61. The maximum absolute atomic E-state index is 12.4. The fourth-order valence-corrected chi connectivity index (χ4v) is 3.75. The summed E-state index contributed by atoms with van der Waals surface area (Å²) in [5, 5.41) is 7.27. The van der Waals surface area contributed by atoms with Gasteiger partial charge in [0.1, 0.15) is 4.90 Å². The van der Waals surface area contributed by atoms with Crippen LogP contribution in [0.15, 0.2) is 17.3 Å². The molecule has 1 aromatic heterocycles. The average molecular weight is 316 g/mol. The van der Waals surface area contributed by atoms with Gasteiger partial charge in [0.25, 0.3) is 0 Å². The van der Waals surface area contributed by atoms with E-state index in [1.54, 1.807) is 10.9 Å². The highest BCUT2D eigenvalue weighted by atomic mass is 32.2. The van der Waals surface area contributed by atoms with Crippen molar-refractivity contribution in [3.8, 4) is 0 Å². The molecule has 0 radical (unpaired) electrons. The minimum absolute atomic E-state index is 0.200. The summed E-state index contributed by atoms with van der Waals surface area (Å²) >= 11 is 0. The van der Waals surface area contributed by atoms with Gasteiger partial charge >= 0.3 is 0 Å². The molecule has 1 aliphatic rings. The summed E-state index contributed by atoms with van der Waals surface area (Å²) in [5.74, 6) is 0. The summed E-state index contributed by atoms with van der Waals surface area (Å²) in [6.45, 7) is 7.28. The Morgan fingerprint density at radius 1 is 1.52 bits per heavy atom. The summed E-state index contributed by atoms with van der Waals surface area (Å²) < 4.78 is 34.6. The van der Waals surface area contributed by atoms with Crippen molar-refractivity contribution in [2.45, 2.75) is 43.7 Å². The molecule has 1 aliphatic heterocycles. The molecule has 1 aromatic rings. The molecule has 0 aliphatic carbocycles. The molecule has 0 bridgehead atoms. The molecule has 2 N–H and O–H groups in total. The zero-order valence-electron chi connectivity index (χ0n) is 12.6. The predicted molar refractivity (Wildman–Crippen MR) is 79.6 cm³/mol. The van der Waals surface area contributed by atoms with E-state index in [0.29, 0.717) is 19.8 Å². The molecule has 1 saturated heterocycles. The molecule has 7 nitrogen and oxygen atoms in total. The van der Waals surface area contributed by atoms with Crippen molar-refractivity contribution in [1.82, 2.24) is 19.8 Å². The fraction of sp³-hybridized carbons (Fsp3) is 0.769. The number of rotatable bonds is 7. The Morgan fingerprint density at radius 3 is 3.00 bits per heavy atom. The standard InChI is InChI=1S/C13H24N4O3S/c1-3-14-6-7-17-10-12(9-15-17)21(18,19)16-13(2)5-4-8-20-11-13/h9-10,14,16H,3-8,11H2,1-2H3. The molecular weight excluding hydrogens is 292 g/mol. The molecule has 120 valence electrons. The number of nitrogens with one attached hydrogen (secondary N) is 2. The number of nitrogens with zero attached hydrogens (tertiary/aromatic N) is 2. The number of likely N-dealkylation sites (N-methyl/N-ethyl adjacent to an activating group) is 1. The lowest BCUT2D eigenvalue weighted by Crippen LogP contribution is -2.51. The maximum Gasteiger partial charge on any atom is 0.244 e. The molecule has 1 unspecified atom stereocenters. The second-order valence-corrected chi connectivity index (χ2v) is 7.30. The van der Waals surface area contributed by atoms with Crippen LogP contribution in [0.25, 0.3) is 0 Å². The minimum Gasteiger partial charge on any atom is -0.380 e. The van der Waals surface area contributed by atoms with Crippen LogP contribution in [0, 0.1) is 0 Å². The highest BCUT2D eigenvalue weighted by molar-refractivity contribution is 7.89. The SMILES string of the molecule is CCNCCn1cc(S(=O)(=O)NC2(C)CCCOC2)cn1. The number of ether oxygens (including phenoxy) is 1. The third-order valence-corrected chi connectivity index (χ3v) is 5.10. The fourth-order valence-electron chi connectivity index (χ4n) is 2.37. The summed E-state index contributed by atoms with van der Waals surface area (Å²) in [7, 11) is -3.56. The van der Waals surface area contributed by atoms with Gasteiger partial charge in [0.05, 0.1) is 24.9 Å². The van der Waals surface area contributed by atoms with Gasteiger partial charge in [0.15, 0.2) is 0 Å². The summed E-state index contributed by atoms with van der Waals surface area (Å²) in [6.07, 6.45) is 4.59. The molecular formula is C13H24N4O3S. The van der Waals surface area contributed by atoms with Gasteiger partial charge in [-0.1, -0.05) is 6.92 Å². The monoisotopic (exact) mass is 316 g/mol. The van der Waals surface area contributed by atoms with Crippen molar-refractivity contribution in [2.75, 3.05) is 26.3 Å². The van der Waals surface area contributed by atoms with Crippen LogP contribution >= 0.6 is 0 Å². The average Bonchev–Trinajstić information content (AvgIpc) is 2.88. The van der Waals surface area contributed by atoms with Gasteiger partial charge in [-0.3, -0.25) is 4.68 Å². The van der Waals surface area contributed by atoms with Gasteiger partial charge in [-0.05, 0) is 26.3 Å². The van der Waals surface area contributed by atoms with Crippen molar-refractivity contribution >= 4 is 10.0 Å². The Morgan fingerprint density at radius 2 is 2.33 bits per heavy atom. The van der Waals surface area contributed by atoms with Crippen LogP contribution in [0.4, 0.5) is 0 Å². The predicted octanol–water partition coefficient (Wildman–Crippen LogP) is 0.340. The first-order chi connectivity index (χ1) is 9.95. The van der Waals surface area contributed by atoms with Crippen LogP contribution < -0.4 is 10.0 Å². The Bertz CT molecular complexity index is 550. The van der Waals surface area contributed by atoms with E-state index >= 15 is 0 Å². The quantitative estimate of drug-likeness (QED) is 0.709. The van der Waals surface area contributed by atoms with E-state index in [1.807, 2.05) is 13.8 Å². The first-order valence-corrected chi connectivity index (χ1v) is 8.78. The molecule has 0 amide bonds. The highest BCUT2D eigenvalue weighted by Gasteiger charge is 2.33. The molecule has 2 heterocycles. The third-order valence-electron chi connectivity index (χ3n) is 3.51. The van der Waals surface area contributed by atoms with Crippen molar-refractivity contribution in [3.05, 3.63) is 12.4 Å². The van der Waals surface area contributed by atoms with Crippen LogP contribution in [0.1, 0.15) is 26.7 Å². The van der Waals surface area contributed by atoms with Crippen molar-refractivity contribution in [2.24, 2.45) is 0 Å².